The summed E-state index contributed by atoms with van der Waals surface area (Å²) >= 11 is 0. The molecule has 1 aliphatic heterocycles. The van der Waals surface area contributed by atoms with Crippen molar-refractivity contribution in [1.82, 2.24) is 4.98 Å². The van der Waals surface area contributed by atoms with Gasteiger partial charge >= 0.3 is 0 Å². The minimum absolute atomic E-state index is 0.128. The summed E-state index contributed by atoms with van der Waals surface area (Å²) in [5.41, 5.74) is 5.01. The Morgan fingerprint density at radius 2 is 1.97 bits per heavy atom. The minimum atomic E-state index is -3.72. The van der Waals surface area contributed by atoms with Gasteiger partial charge in [-0.15, -0.1) is 0 Å². The zero-order valence-corrected chi connectivity index (χ0v) is 17.5. The van der Waals surface area contributed by atoms with Crippen LogP contribution in [0, 0.1) is 0 Å². The van der Waals surface area contributed by atoms with Crippen molar-refractivity contribution < 1.29 is 13.2 Å². The van der Waals surface area contributed by atoms with E-state index in [1.54, 1.807) is 10.4 Å². The number of para-hydroxylation sites is 1. The maximum Gasteiger partial charge on any atom is 0.264 e. The topological polar surface area (TPSA) is 70.2 Å². The van der Waals surface area contributed by atoms with Crippen LogP contribution in [-0.2, 0) is 29.3 Å². The Balaban J connectivity index is 1.71. The van der Waals surface area contributed by atoms with Crippen molar-refractivity contribution >= 4 is 32.4 Å². The number of aryl methyl sites for hydroxylation is 2. The van der Waals surface area contributed by atoms with Crippen LogP contribution < -0.4 is 4.31 Å². The van der Waals surface area contributed by atoms with Crippen LogP contribution >= 0.6 is 0 Å². The Bertz CT molecular complexity index is 1260. The maximum absolute atomic E-state index is 13.8. The van der Waals surface area contributed by atoms with E-state index in [0.717, 1.165) is 51.8 Å². The fourth-order valence-electron chi connectivity index (χ4n) is 4.91. The lowest BCUT2D eigenvalue weighted by molar-refractivity contribution is 0.0974. The fourth-order valence-corrected chi connectivity index (χ4v) is 6.90. The molecule has 0 fully saturated rings. The molecule has 2 heterocycles. The molecule has 1 N–H and O–H groups in total. The predicted octanol–water partition coefficient (Wildman–Crippen LogP) is 4.39. The van der Waals surface area contributed by atoms with Gasteiger partial charge in [-0.2, -0.15) is 0 Å². The first-order chi connectivity index (χ1) is 13.9. The summed E-state index contributed by atoms with van der Waals surface area (Å²) in [6, 6.07) is 11.2. The highest BCUT2D eigenvalue weighted by molar-refractivity contribution is 7.93. The first-order valence-corrected chi connectivity index (χ1v) is 11.7. The van der Waals surface area contributed by atoms with E-state index >= 15 is 0 Å². The third-order valence-corrected chi connectivity index (χ3v) is 8.24. The number of hydrogen-bond acceptors (Lipinski definition) is 3. The number of H-pyrrole nitrogens is 1. The minimum Gasteiger partial charge on any atom is -0.358 e. The number of carbonyl (C=O) groups is 1. The molecular formula is C23H24N2O3S. The quantitative estimate of drug-likeness (QED) is 0.699. The second-order valence-electron chi connectivity index (χ2n) is 8.10. The number of benzene rings is 2. The molecule has 0 amide bonds. The van der Waals surface area contributed by atoms with E-state index in [4.69, 9.17) is 0 Å². The molecule has 3 aromatic rings. The molecule has 5 nitrogen and oxygen atoms in total. The first kappa shape index (κ1) is 18.4. The smallest absolute Gasteiger partial charge is 0.264 e. The molecule has 2 aromatic carbocycles. The number of Topliss-reactive ketones (excluding diaryl/α,β-unsaturated/α-hetero) is 1. The lowest BCUT2D eigenvalue weighted by Gasteiger charge is -2.25. The number of sulfonamides is 1. The lowest BCUT2D eigenvalue weighted by Crippen LogP contribution is -2.36. The number of aromatic amines is 1. The van der Waals surface area contributed by atoms with Crippen molar-refractivity contribution in [2.75, 3.05) is 4.31 Å². The summed E-state index contributed by atoms with van der Waals surface area (Å²) < 4.78 is 29.1. The zero-order chi connectivity index (χ0) is 20.3. The molecule has 6 heteroatoms. The Kier molecular flexibility index (Phi) is 4.10. The second-order valence-corrected chi connectivity index (χ2v) is 9.88. The Labute approximate surface area is 170 Å². The van der Waals surface area contributed by atoms with E-state index < -0.39 is 10.0 Å². The molecule has 0 bridgehead atoms. The average molecular weight is 409 g/mol. The SMILES string of the molecule is CCc1cc2c3c([nH]c2cc1S(=O)(=O)N1c2ccccc2C[C@H]1C)CCCC3=O. The Morgan fingerprint density at radius 3 is 2.76 bits per heavy atom. The van der Waals surface area contributed by atoms with Gasteiger partial charge in [-0.25, -0.2) is 8.42 Å². The van der Waals surface area contributed by atoms with Crippen LogP contribution in [0.4, 0.5) is 5.69 Å². The summed E-state index contributed by atoms with van der Waals surface area (Å²) in [7, 11) is -3.72. The van der Waals surface area contributed by atoms with E-state index in [1.807, 2.05) is 44.2 Å². The fraction of sp³-hybridized carbons (Fsp3) is 0.348. The van der Waals surface area contributed by atoms with Crippen LogP contribution in [0.5, 0.6) is 0 Å². The molecule has 5 rings (SSSR count). The average Bonchev–Trinajstić information content (AvgIpc) is 3.23. The number of nitrogens with one attached hydrogen (secondary N) is 1. The number of carbonyl (C=O) groups excluding carboxylic acids is 1. The van der Waals surface area contributed by atoms with Gasteiger partial charge in [0.25, 0.3) is 10.0 Å². The van der Waals surface area contributed by atoms with Crippen molar-refractivity contribution in [3.05, 3.63) is 58.8 Å². The van der Waals surface area contributed by atoms with Gasteiger partial charge in [0.1, 0.15) is 0 Å². The molecule has 0 radical (unpaired) electrons. The zero-order valence-electron chi connectivity index (χ0n) is 16.7. The standard InChI is InChI=1S/C23H24N2O3S/c1-3-15-12-17-19(24-18-8-6-10-21(26)23(17)18)13-22(15)29(27,28)25-14(2)11-16-7-4-5-9-20(16)25/h4-5,7,9,12-14,24H,3,6,8,10-11H2,1-2H3/t14-/m1/s1. The molecular weight excluding hydrogens is 384 g/mol. The van der Waals surface area contributed by atoms with Gasteiger partial charge in [-0.1, -0.05) is 25.1 Å². The molecule has 1 aromatic heterocycles. The highest BCUT2D eigenvalue weighted by Gasteiger charge is 2.37. The molecule has 1 aliphatic carbocycles. The van der Waals surface area contributed by atoms with Crippen LogP contribution in [0.3, 0.4) is 0 Å². The molecule has 2 aliphatic rings. The van der Waals surface area contributed by atoms with Gasteiger partial charge in [0.15, 0.2) is 5.78 Å². The number of aromatic nitrogens is 1. The molecule has 150 valence electrons. The highest BCUT2D eigenvalue weighted by atomic mass is 32.2. The van der Waals surface area contributed by atoms with Crippen LogP contribution in [0.1, 0.15) is 53.9 Å². The summed E-state index contributed by atoms with van der Waals surface area (Å²) in [5, 5.41) is 0.857. The summed E-state index contributed by atoms with van der Waals surface area (Å²) in [5.74, 6) is 0.150. The van der Waals surface area contributed by atoms with Crippen molar-refractivity contribution in [1.29, 1.82) is 0 Å². The maximum atomic E-state index is 13.8. The van der Waals surface area contributed by atoms with Crippen molar-refractivity contribution in [2.24, 2.45) is 0 Å². The summed E-state index contributed by atoms with van der Waals surface area (Å²) in [6.07, 6.45) is 3.53. The van der Waals surface area contributed by atoms with Gasteiger partial charge in [0, 0.05) is 34.6 Å². The van der Waals surface area contributed by atoms with Crippen LogP contribution in [0.2, 0.25) is 0 Å². The summed E-state index contributed by atoms with van der Waals surface area (Å²) in [6.45, 7) is 3.91. The number of hydrogen-bond donors (Lipinski definition) is 1. The van der Waals surface area contributed by atoms with E-state index in [1.165, 1.54) is 0 Å². The van der Waals surface area contributed by atoms with E-state index in [-0.39, 0.29) is 11.8 Å². The predicted molar refractivity (Wildman–Crippen MR) is 114 cm³/mol. The van der Waals surface area contributed by atoms with Gasteiger partial charge in [-0.05, 0) is 61.9 Å². The van der Waals surface area contributed by atoms with Crippen LogP contribution in [-0.4, -0.2) is 25.2 Å². The third-order valence-electron chi connectivity index (χ3n) is 6.23. The highest BCUT2D eigenvalue weighted by Crippen LogP contribution is 2.39. The lowest BCUT2D eigenvalue weighted by atomic mass is 9.94. The Morgan fingerprint density at radius 1 is 1.17 bits per heavy atom. The number of fused-ring (bicyclic) bond motifs is 4. The van der Waals surface area contributed by atoms with Gasteiger partial charge in [-0.3, -0.25) is 9.10 Å². The molecule has 0 unspecified atom stereocenters. The van der Waals surface area contributed by atoms with Gasteiger partial charge in [0.05, 0.1) is 10.6 Å². The van der Waals surface area contributed by atoms with Gasteiger partial charge in [0.2, 0.25) is 0 Å². The second kappa shape index (κ2) is 6.46. The monoisotopic (exact) mass is 408 g/mol. The molecule has 0 saturated heterocycles. The van der Waals surface area contributed by atoms with E-state index in [2.05, 4.69) is 4.98 Å². The molecule has 29 heavy (non-hydrogen) atoms. The van der Waals surface area contributed by atoms with Crippen molar-refractivity contribution in [3.8, 4) is 0 Å². The third kappa shape index (κ3) is 2.65. The number of rotatable bonds is 3. The van der Waals surface area contributed by atoms with Crippen LogP contribution in [0.25, 0.3) is 10.9 Å². The molecule has 0 spiro atoms. The van der Waals surface area contributed by atoms with Crippen LogP contribution in [0.15, 0.2) is 41.3 Å². The number of ketones is 1. The molecule has 1 atom stereocenters. The Hall–Kier alpha value is -2.60. The molecule has 0 saturated carbocycles. The van der Waals surface area contributed by atoms with Crippen molar-refractivity contribution in [2.45, 2.75) is 56.9 Å². The number of nitrogens with zero attached hydrogens (tertiary/aromatic N) is 1. The van der Waals surface area contributed by atoms with E-state index in [9.17, 15) is 13.2 Å². The van der Waals surface area contributed by atoms with Gasteiger partial charge < -0.3 is 4.98 Å². The largest absolute Gasteiger partial charge is 0.358 e. The van der Waals surface area contributed by atoms with Crippen molar-refractivity contribution in [3.63, 3.8) is 0 Å². The number of anilines is 1. The van der Waals surface area contributed by atoms with E-state index in [0.29, 0.717) is 24.2 Å². The normalized spacial score (nSPS) is 18.9. The summed E-state index contributed by atoms with van der Waals surface area (Å²) in [4.78, 5) is 16.1. The first-order valence-electron chi connectivity index (χ1n) is 10.2.